The summed E-state index contributed by atoms with van der Waals surface area (Å²) in [7, 11) is 0. The van der Waals surface area contributed by atoms with Gasteiger partial charge in [0, 0.05) is 25.8 Å². The molecule has 0 bridgehead atoms. The maximum absolute atomic E-state index is 5.40. The molecule has 1 aliphatic heterocycles. The fraction of sp³-hybridized carbons (Fsp3) is 1.00. The highest BCUT2D eigenvalue weighted by Crippen LogP contribution is 2.39. The summed E-state index contributed by atoms with van der Waals surface area (Å²) >= 11 is 0. The molecule has 88 valence electrons. The van der Waals surface area contributed by atoms with Gasteiger partial charge >= 0.3 is 0 Å². The van der Waals surface area contributed by atoms with E-state index in [4.69, 9.17) is 4.74 Å². The normalized spacial score (nSPS) is 28.4. The van der Waals surface area contributed by atoms with E-state index in [0.717, 1.165) is 19.1 Å². The van der Waals surface area contributed by atoms with Crippen LogP contribution in [0.3, 0.4) is 0 Å². The highest BCUT2D eigenvalue weighted by atomic mass is 16.5. The van der Waals surface area contributed by atoms with E-state index in [9.17, 15) is 0 Å². The van der Waals surface area contributed by atoms with E-state index in [1.165, 1.54) is 38.6 Å². The second-order valence-corrected chi connectivity index (χ2v) is 5.78. The zero-order chi connectivity index (χ0) is 10.7. The maximum atomic E-state index is 5.40. The molecule has 1 saturated carbocycles. The molecule has 0 aromatic rings. The van der Waals surface area contributed by atoms with Gasteiger partial charge < -0.3 is 10.1 Å². The van der Waals surface area contributed by atoms with Crippen molar-refractivity contribution in [1.29, 1.82) is 0 Å². The van der Waals surface area contributed by atoms with Crippen molar-refractivity contribution in [2.75, 3.05) is 19.8 Å². The van der Waals surface area contributed by atoms with Crippen LogP contribution in [0.4, 0.5) is 0 Å². The number of hydrogen-bond acceptors (Lipinski definition) is 2. The third-order valence-electron chi connectivity index (χ3n) is 4.38. The molecule has 2 heteroatoms. The lowest BCUT2D eigenvalue weighted by Gasteiger charge is -2.40. The number of nitrogens with one attached hydrogen (secondary N) is 1. The first-order valence-electron chi connectivity index (χ1n) is 6.51. The van der Waals surface area contributed by atoms with Crippen LogP contribution in [0.15, 0.2) is 0 Å². The quantitative estimate of drug-likeness (QED) is 0.771. The zero-order valence-corrected chi connectivity index (χ0v) is 10.2. The smallest absolute Gasteiger partial charge is 0.0469 e. The van der Waals surface area contributed by atoms with Crippen LogP contribution >= 0.6 is 0 Å². The molecular weight excluding hydrogens is 186 g/mol. The van der Waals surface area contributed by atoms with E-state index >= 15 is 0 Å². The first kappa shape index (κ1) is 11.4. The highest BCUT2D eigenvalue weighted by Gasteiger charge is 2.32. The van der Waals surface area contributed by atoms with Crippen LogP contribution in [0.25, 0.3) is 0 Å². The molecule has 1 aliphatic carbocycles. The van der Waals surface area contributed by atoms with Gasteiger partial charge in [0.15, 0.2) is 0 Å². The molecule has 0 aromatic carbocycles. The van der Waals surface area contributed by atoms with E-state index in [0.29, 0.717) is 11.5 Å². The molecule has 2 fully saturated rings. The molecule has 0 aromatic heterocycles. The Bertz CT molecular complexity index is 195. The lowest BCUT2D eigenvalue weighted by molar-refractivity contribution is 0.0519. The Hall–Kier alpha value is -0.0800. The van der Waals surface area contributed by atoms with Crippen molar-refractivity contribution in [3.8, 4) is 0 Å². The lowest BCUT2D eigenvalue weighted by Crippen LogP contribution is -2.44. The maximum Gasteiger partial charge on any atom is 0.0469 e. The fourth-order valence-corrected chi connectivity index (χ4v) is 2.75. The molecule has 2 aliphatic rings. The monoisotopic (exact) mass is 211 g/mol. The third-order valence-corrected chi connectivity index (χ3v) is 4.38. The Labute approximate surface area is 93.8 Å². The Morgan fingerprint density at radius 3 is 2.53 bits per heavy atom. The van der Waals surface area contributed by atoms with Crippen LogP contribution in [0, 0.1) is 11.3 Å². The summed E-state index contributed by atoms with van der Waals surface area (Å²) in [6, 6.07) is 0.673. The van der Waals surface area contributed by atoms with Gasteiger partial charge in [-0.1, -0.05) is 13.3 Å². The van der Waals surface area contributed by atoms with Crippen LogP contribution in [0.2, 0.25) is 0 Å². The van der Waals surface area contributed by atoms with Gasteiger partial charge in [-0.25, -0.2) is 0 Å². The van der Waals surface area contributed by atoms with Crippen LogP contribution < -0.4 is 5.32 Å². The molecular formula is C13H25NO. The van der Waals surface area contributed by atoms with E-state index in [1.807, 2.05) is 0 Å². The summed E-state index contributed by atoms with van der Waals surface area (Å²) in [5.41, 5.74) is 0.611. The van der Waals surface area contributed by atoms with E-state index in [1.54, 1.807) is 0 Å². The number of hydrogen-bond donors (Lipinski definition) is 1. The number of rotatable bonds is 4. The van der Waals surface area contributed by atoms with Gasteiger partial charge in [-0.3, -0.25) is 0 Å². The van der Waals surface area contributed by atoms with E-state index < -0.39 is 0 Å². The topological polar surface area (TPSA) is 21.3 Å². The molecule has 0 spiro atoms. The first-order chi connectivity index (χ1) is 7.20. The molecule has 15 heavy (non-hydrogen) atoms. The minimum absolute atomic E-state index is 0.611. The SMILES string of the molecule is CC(NCC1(C)CCC1)C1CCOCC1. The van der Waals surface area contributed by atoms with Gasteiger partial charge in [-0.2, -0.15) is 0 Å². The second kappa shape index (κ2) is 4.84. The van der Waals surface area contributed by atoms with Crippen molar-refractivity contribution in [2.45, 2.75) is 52.0 Å². The van der Waals surface area contributed by atoms with Crippen LogP contribution in [-0.2, 0) is 4.74 Å². The summed E-state index contributed by atoms with van der Waals surface area (Å²) in [4.78, 5) is 0. The van der Waals surface area contributed by atoms with E-state index in [2.05, 4.69) is 19.2 Å². The van der Waals surface area contributed by atoms with Gasteiger partial charge in [-0.15, -0.1) is 0 Å². The summed E-state index contributed by atoms with van der Waals surface area (Å²) in [6.07, 6.45) is 6.75. The third kappa shape index (κ3) is 2.94. The Kier molecular flexibility index (Phi) is 3.68. The van der Waals surface area contributed by atoms with Crippen molar-refractivity contribution < 1.29 is 4.74 Å². The summed E-state index contributed by atoms with van der Waals surface area (Å²) < 4.78 is 5.40. The highest BCUT2D eigenvalue weighted by molar-refractivity contribution is 4.87. The largest absolute Gasteiger partial charge is 0.381 e. The molecule has 1 N–H and O–H groups in total. The predicted molar refractivity (Wildman–Crippen MR) is 63.0 cm³/mol. The zero-order valence-electron chi connectivity index (χ0n) is 10.2. The minimum Gasteiger partial charge on any atom is -0.381 e. The van der Waals surface area contributed by atoms with Crippen molar-refractivity contribution in [1.82, 2.24) is 5.32 Å². The fourth-order valence-electron chi connectivity index (χ4n) is 2.75. The summed E-state index contributed by atoms with van der Waals surface area (Å²) in [5, 5.41) is 3.74. The summed E-state index contributed by atoms with van der Waals surface area (Å²) in [6.45, 7) is 7.91. The molecule has 1 saturated heterocycles. The molecule has 2 nitrogen and oxygen atoms in total. The lowest BCUT2D eigenvalue weighted by atomic mass is 9.70. The van der Waals surface area contributed by atoms with Gasteiger partial charge in [0.2, 0.25) is 0 Å². The molecule has 1 unspecified atom stereocenters. The van der Waals surface area contributed by atoms with Crippen LogP contribution in [-0.4, -0.2) is 25.8 Å². The molecule has 0 amide bonds. The second-order valence-electron chi connectivity index (χ2n) is 5.78. The Balaban J connectivity index is 1.69. The van der Waals surface area contributed by atoms with Crippen molar-refractivity contribution in [3.63, 3.8) is 0 Å². The van der Waals surface area contributed by atoms with Gasteiger partial charge in [-0.05, 0) is 43.9 Å². The van der Waals surface area contributed by atoms with Crippen LogP contribution in [0.5, 0.6) is 0 Å². The average Bonchev–Trinajstić information content (AvgIpc) is 2.24. The van der Waals surface area contributed by atoms with Crippen molar-refractivity contribution >= 4 is 0 Å². The molecule has 1 atom stereocenters. The molecule has 2 rings (SSSR count). The molecule has 1 heterocycles. The average molecular weight is 211 g/mol. The number of ether oxygens (including phenoxy) is 1. The Morgan fingerprint density at radius 2 is 2.00 bits per heavy atom. The van der Waals surface area contributed by atoms with Crippen molar-refractivity contribution in [2.24, 2.45) is 11.3 Å². The molecule has 0 radical (unpaired) electrons. The first-order valence-corrected chi connectivity index (χ1v) is 6.51. The summed E-state index contributed by atoms with van der Waals surface area (Å²) in [5.74, 6) is 0.836. The van der Waals surface area contributed by atoms with E-state index in [-0.39, 0.29) is 0 Å². The van der Waals surface area contributed by atoms with Gasteiger partial charge in [0.05, 0.1) is 0 Å². The predicted octanol–water partition coefficient (Wildman–Crippen LogP) is 2.58. The van der Waals surface area contributed by atoms with Crippen LogP contribution in [0.1, 0.15) is 46.0 Å². The standard InChI is InChI=1S/C13H25NO/c1-11(12-4-8-15-9-5-12)14-10-13(2)6-3-7-13/h11-12,14H,3-10H2,1-2H3. The van der Waals surface area contributed by atoms with Crippen molar-refractivity contribution in [3.05, 3.63) is 0 Å². The van der Waals surface area contributed by atoms with Gasteiger partial charge in [0.25, 0.3) is 0 Å². The Morgan fingerprint density at radius 1 is 1.33 bits per heavy atom. The van der Waals surface area contributed by atoms with Gasteiger partial charge in [0.1, 0.15) is 0 Å². The minimum atomic E-state index is 0.611.